The molecule has 154 valence electrons. The van der Waals surface area contributed by atoms with Crippen LogP contribution in [-0.2, 0) is 11.3 Å². The molecule has 29 heavy (non-hydrogen) atoms. The number of carbonyl (C=O) groups is 2. The van der Waals surface area contributed by atoms with Crippen LogP contribution in [0.2, 0.25) is 0 Å². The first-order chi connectivity index (χ1) is 14.0. The van der Waals surface area contributed by atoms with Gasteiger partial charge in [0.2, 0.25) is 5.91 Å². The van der Waals surface area contributed by atoms with E-state index in [1.165, 1.54) is 42.7 Å². The van der Waals surface area contributed by atoms with Gasteiger partial charge in [-0.3, -0.25) is 14.4 Å². The summed E-state index contributed by atoms with van der Waals surface area (Å²) in [5, 5.41) is 5.91. The smallest absolute Gasteiger partial charge is 0.251 e. The van der Waals surface area contributed by atoms with Crippen LogP contribution >= 0.6 is 0 Å². The Morgan fingerprint density at radius 3 is 2.31 bits per heavy atom. The fourth-order valence-electron chi connectivity index (χ4n) is 3.70. The first kappa shape index (κ1) is 20.8. The molecule has 2 aromatic rings. The first-order valence-corrected chi connectivity index (χ1v) is 10.4. The topological polar surface area (TPSA) is 80.2 Å². The molecular weight excluding hydrogens is 366 g/mol. The molecule has 1 aliphatic carbocycles. The minimum atomic E-state index is -0.288. The molecule has 1 aromatic heterocycles. The molecule has 0 bridgehead atoms. The van der Waals surface area contributed by atoms with Gasteiger partial charge in [0.05, 0.1) is 0 Å². The molecule has 0 saturated heterocycles. The summed E-state index contributed by atoms with van der Waals surface area (Å²) in [6, 6.07) is 10.3. The number of benzene rings is 1. The standard InChI is InChI=1S/C23H29N3O3/c1-17-9-14-22(28)26(15-17)16-21(27)24-20-12-10-18(11-13-20)23(29)25-19-7-5-3-2-4-6-8-19/h9-15,19H,2-8,16H2,1H3,(H,24,27)(H,25,29). The Bertz CT molecular complexity index is 894. The fourth-order valence-corrected chi connectivity index (χ4v) is 3.70. The van der Waals surface area contributed by atoms with Gasteiger partial charge in [-0.2, -0.15) is 0 Å². The zero-order chi connectivity index (χ0) is 20.6. The summed E-state index contributed by atoms with van der Waals surface area (Å²) in [6.45, 7) is 1.82. The summed E-state index contributed by atoms with van der Waals surface area (Å²) in [6.07, 6.45) is 9.86. The number of amides is 2. The number of rotatable bonds is 5. The molecule has 3 rings (SSSR count). The maximum absolute atomic E-state index is 12.5. The second-order valence-corrected chi connectivity index (χ2v) is 7.81. The number of pyridine rings is 1. The van der Waals surface area contributed by atoms with E-state index in [2.05, 4.69) is 10.6 Å². The van der Waals surface area contributed by atoms with E-state index in [0.717, 1.165) is 18.4 Å². The van der Waals surface area contributed by atoms with Crippen LogP contribution < -0.4 is 16.2 Å². The van der Waals surface area contributed by atoms with Crippen LogP contribution in [0.5, 0.6) is 0 Å². The lowest BCUT2D eigenvalue weighted by atomic mass is 9.96. The monoisotopic (exact) mass is 395 g/mol. The molecule has 2 N–H and O–H groups in total. The maximum atomic E-state index is 12.5. The predicted octanol–water partition coefficient (Wildman–Crippen LogP) is 3.64. The highest BCUT2D eigenvalue weighted by molar-refractivity contribution is 5.95. The van der Waals surface area contributed by atoms with E-state index < -0.39 is 0 Å². The first-order valence-electron chi connectivity index (χ1n) is 10.4. The Kier molecular flexibility index (Phi) is 7.22. The summed E-state index contributed by atoms with van der Waals surface area (Å²) in [5.41, 5.74) is 1.88. The number of aromatic nitrogens is 1. The van der Waals surface area contributed by atoms with Crippen molar-refractivity contribution in [3.8, 4) is 0 Å². The third kappa shape index (κ3) is 6.31. The molecule has 1 aliphatic rings. The van der Waals surface area contributed by atoms with Gasteiger partial charge in [0.15, 0.2) is 0 Å². The van der Waals surface area contributed by atoms with E-state index in [-0.39, 0.29) is 30.0 Å². The number of anilines is 1. The average Bonchev–Trinajstić information content (AvgIpc) is 2.67. The Labute approximate surface area is 171 Å². The Morgan fingerprint density at radius 2 is 1.62 bits per heavy atom. The zero-order valence-electron chi connectivity index (χ0n) is 16.9. The largest absolute Gasteiger partial charge is 0.349 e. The third-order valence-corrected chi connectivity index (χ3v) is 5.32. The van der Waals surface area contributed by atoms with Gasteiger partial charge in [0.1, 0.15) is 6.54 Å². The van der Waals surface area contributed by atoms with Gasteiger partial charge in [-0.1, -0.05) is 38.2 Å². The minimum absolute atomic E-state index is 0.0512. The summed E-state index contributed by atoms with van der Waals surface area (Å²) in [5.74, 6) is -0.357. The maximum Gasteiger partial charge on any atom is 0.251 e. The molecule has 1 fully saturated rings. The van der Waals surface area contributed by atoms with Crippen molar-refractivity contribution in [1.82, 2.24) is 9.88 Å². The van der Waals surface area contributed by atoms with Crippen molar-refractivity contribution < 1.29 is 9.59 Å². The molecule has 0 aliphatic heterocycles. The van der Waals surface area contributed by atoms with Gasteiger partial charge >= 0.3 is 0 Å². The number of hydrogen-bond donors (Lipinski definition) is 2. The van der Waals surface area contributed by atoms with Gasteiger partial charge in [-0.15, -0.1) is 0 Å². The van der Waals surface area contributed by atoms with Crippen LogP contribution in [0.1, 0.15) is 60.9 Å². The number of carbonyl (C=O) groups excluding carboxylic acids is 2. The highest BCUT2D eigenvalue weighted by Gasteiger charge is 2.15. The van der Waals surface area contributed by atoms with E-state index in [4.69, 9.17) is 0 Å². The Hall–Kier alpha value is -2.89. The Morgan fingerprint density at radius 1 is 0.966 bits per heavy atom. The number of nitrogens with one attached hydrogen (secondary N) is 2. The van der Waals surface area contributed by atoms with E-state index in [0.29, 0.717) is 11.3 Å². The van der Waals surface area contributed by atoms with Gasteiger partial charge in [-0.25, -0.2) is 0 Å². The molecule has 1 aromatic carbocycles. The second-order valence-electron chi connectivity index (χ2n) is 7.81. The van der Waals surface area contributed by atoms with Crippen LogP contribution in [0.25, 0.3) is 0 Å². The second kappa shape index (κ2) is 10.0. The van der Waals surface area contributed by atoms with Crippen LogP contribution in [0.3, 0.4) is 0 Å². The summed E-state index contributed by atoms with van der Waals surface area (Å²) >= 11 is 0. The average molecular weight is 396 g/mol. The van der Waals surface area contributed by atoms with Crippen molar-refractivity contribution in [1.29, 1.82) is 0 Å². The van der Waals surface area contributed by atoms with E-state index in [9.17, 15) is 14.4 Å². The minimum Gasteiger partial charge on any atom is -0.349 e. The van der Waals surface area contributed by atoms with Crippen molar-refractivity contribution in [3.05, 3.63) is 64.1 Å². The normalized spacial score (nSPS) is 15.2. The lowest BCUT2D eigenvalue weighted by Crippen LogP contribution is -2.35. The highest BCUT2D eigenvalue weighted by Crippen LogP contribution is 2.18. The van der Waals surface area contributed by atoms with Gasteiger partial charge in [0.25, 0.3) is 11.5 Å². The van der Waals surface area contributed by atoms with Crippen LogP contribution in [0.4, 0.5) is 5.69 Å². The molecule has 0 unspecified atom stereocenters. The van der Waals surface area contributed by atoms with Crippen molar-refractivity contribution in [2.24, 2.45) is 0 Å². The molecule has 0 spiro atoms. The van der Waals surface area contributed by atoms with Crippen LogP contribution in [0, 0.1) is 6.92 Å². The van der Waals surface area contributed by atoms with E-state index in [1.807, 2.05) is 6.92 Å². The predicted molar refractivity (Wildman–Crippen MR) is 114 cm³/mol. The molecule has 6 nitrogen and oxygen atoms in total. The Balaban J connectivity index is 1.55. The van der Waals surface area contributed by atoms with Crippen LogP contribution in [-0.4, -0.2) is 22.4 Å². The van der Waals surface area contributed by atoms with Crippen molar-refractivity contribution in [2.75, 3.05) is 5.32 Å². The zero-order valence-corrected chi connectivity index (χ0v) is 16.9. The SMILES string of the molecule is Cc1ccc(=O)n(CC(=O)Nc2ccc(C(=O)NC3CCCCCCC3)cc2)c1. The van der Waals surface area contributed by atoms with Crippen LogP contribution in [0.15, 0.2) is 47.4 Å². The summed E-state index contributed by atoms with van der Waals surface area (Å²) in [7, 11) is 0. The highest BCUT2D eigenvalue weighted by atomic mass is 16.2. The number of aryl methyl sites for hydroxylation is 1. The number of nitrogens with zero attached hydrogens (tertiary/aromatic N) is 1. The molecule has 6 heteroatoms. The molecule has 2 amide bonds. The van der Waals surface area contributed by atoms with Crippen molar-refractivity contribution in [2.45, 2.75) is 64.5 Å². The summed E-state index contributed by atoms with van der Waals surface area (Å²) in [4.78, 5) is 36.6. The molecular formula is C23H29N3O3. The lowest BCUT2D eigenvalue weighted by molar-refractivity contribution is -0.116. The lowest BCUT2D eigenvalue weighted by Gasteiger charge is -2.21. The van der Waals surface area contributed by atoms with Gasteiger partial charge < -0.3 is 15.2 Å². The van der Waals surface area contributed by atoms with Gasteiger partial charge in [0, 0.05) is 29.6 Å². The fraction of sp³-hybridized carbons (Fsp3) is 0.435. The van der Waals surface area contributed by atoms with Gasteiger partial charge in [-0.05, 0) is 49.6 Å². The molecule has 0 radical (unpaired) electrons. The molecule has 1 saturated carbocycles. The molecule has 0 atom stereocenters. The third-order valence-electron chi connectivity index (χ3n) is 5.32. The molecule has 1 heterocycles. The van der Waals surface area contributed by atoms with E-state index in [1.54, 1.807) is 36.5 Å². The van der Waals surface area contributed by atoms with Crippen molar-refractivity contribution >= 4 is 17.5 Å². The van der Waals surface area contributed by atoms with Crippen molar-refractivity contribution in [3.63, 3.8) is 0 Å². The number of hydrogen-bond acceptors (Lipinski definition) is 3. The quantitative estimate of drug-likeness (QED) is 0.811. The summed E-state index contributed by atoms with van der Waals surface area (Å²) < 4.78 is 1.38. The van der Waals surface area contributed by atoms with E-state index >= 15 is 0 Å².